The van der Waals surface area contributed by atoms with E-state index < -0.39 is 5.97 Å². The zero-order valence-corrected chi connectivity index (χ0v) is 19.7. The van der Waals surface area contributed by atoms with Gasteiger partial charge in [-0.25, -0.2) is 9.78 Å². The van der Waals surface area contributed by atoms with Crippen molar-refractivity contribution < 1.29 is 14.7 Å². The molecule has 3 heterocycles. The molecule has 1 aliphatic heterocycles. The molecule has 0 radical (unpaired) electrons. The number of carboxylic acid groups (broad SMARTS) is 1. The van der Waals surface area contributed by atoms with Gasteiger partial charge in [0, 0.05) is 42.2 Å². The average molecular weight is 512 g/mol. The molecule has 2 fully saturated rings. The number of nitrogens with one attached hydrogen (secondary N) is 2. The molecule has 1 amide bonds. The summed E-state index contributed by atoms with van der Waals surface area (Å²) in [5.74, 6) is -0.773. The average Bonchev–Trinajstić information content (AvgIpc) is 3.15. The summed E-state index contributed by atoms with van der Waals surface area (Å²) in [5.41, 5.74) is 1.89. The Morgan fingerprint density at radius 1 is 1.19 bits per heavy atom. The second-order valence-corrected chi connectivity index (χ2v) is 10.1. The maximum atomic E-state index is 12.6. The summed E-state index contributed by atoms with van der Waals surface area (Å²) in [6, 6.07) is 7.11. The van der Waals surface area contributed by atoms with Gasteiger partial charge in [-0.2, -0.15) is 0 Å². The monoisotopic (exact) mass is 510 g/mol. The Morgan fingerprint density at radius 2 is 1.88 bits per heavy atom. The fourth-order valence-corrected chi connectivity index (χ4v) is 5.85. The number of aromatic carboxylic acids is 1. The van der Waals surface area contributed by atoms with Gasteiger partial charge in [0.2, 0.25) is 0 Å². The summed E-state index contributed by atoms with van der Waals surface area (Å²) in [4.78, 5) is 34.2. The highest BCUT2D eigenvalue weighted by Gasteiger charge is 2.57. The van der Waals surface area contributed by atoms with Crippen LogP contribution in [0.5, 0.6) is 0 Å². The number of fused-ring (bicyclic) bond motifs is 1. The van der Waals surface area contributed by atoms with Crippen molar-refractivity contribution in [3.8, 4) is 11.3 Å². The molecule has 1 aromatic carbocycles. The number of anilines is 1. The Labute approximate surface area is 202 Å². The number of carbonyl (C=O) groups excluding carboxylic acids is 1. The van der Waals surface area contributed by atoms with E-state index in [1.165, 1.54) is 0 Å². The van der Waals surface area contributed by atoms with E-state index in [9.17, 15) is 14.7 Å². The minimum Gasteiger partial charge on any atom is -0.477 e. The van der Waals surface area contributed by atoms with Gasteiger partial charge in [0.15, 0.2) is 5.13 Å². The van der Waals surface area contributed by atoms with Crippen molar-refractivity contribution in [2.24, 2.45) is 11.8 Å². The topological polar surface area (TPSA) is 98.3 Å². The first-order chi connectivity index (χ1) is 15.3. The third-order valence-corrected chi connectivity index (χ3v) is 8.36. The number of carbonyl (C=O) groups is 2. The van der Waals surface area contributed by atoms with Crippen molar-refractivity contribution in [3.05, 3.63) is 55.6 Å². The molecule has 3 aromatic rings. The van der Waals surface area contributed by atoms with Gasteiger partial charge in [-0.15, -0.1) is 0 Å². The second kappa shape index (κ2) is 7.95. The van der Waals surface area contributed by atoms with Crippen molar-refractivity contribution in [1.29, 1.82) is 0 Å². The summed E-state index contributed by atoms with van der Waals surface area (Å²) < 4.78 is 0. The van der Waals surface area contributed by atoms with Crippen molar-refractivity contribution in [3.63, 3.8) is 0 Å². The number of piperidine rings is 1. The number of nitrogens with zero attached hydrogens (tertiary/aromatic N) is 2. The number of hydrogen-bond donors (Lipinski definition) is 3. The molecule has 5 rings (SSSR count). The summed E-state index contributed by atoms with van der Waals surface area (Å²) in [7, 11) is 0. The van der Waals surface area contributed by atoms with Crippen molar-refractivity contribution >= 4 is 63.1 Å². The molecule has 2 aliphatic rings. The first kappa shape index (κ1) is 21.6. The Balaban J connectivity index is 1.29. The van der Waals surface area contributed by atoms with E-state index >= 15 is 0 Å². The van der Waals surface area contributed by atoms with Crippen LogP contribution in [0.25, 0.3) is 11.3 Å². The number of amides is 1. The van der Waals surface area contributed by atoms with Crippen LogP contribution in [0.3, 0.4) is 0 Å². The SMILES string of the molecule is Cc1[nH]c(C(=O)NC2[C@H]3CN(c4nc(-c5ccccc5Cl)c(C(=O)O)s4)C[C@@H]23)c(Cl)c1Cl. The third kappa shape index (κ3) is 3.55. The molecular weight excluding hydrogens is 495 g/mol. The van der Waals surface area contributed by atoms with Crippen molar-refractivity contribution in [2.45, 2.75) is 13.0 Å². The highest BCUT2D eigenvalue weighted by atomic mass is 35.5. The first-order valence-electron chi connectivity index (χ1n) is 9.84. The van der Waals surface area contributed by atoms with Crippen LogP contribution in [0.15, 0.2) is 24.3 Å². The number of hydrogen-bond acceptors (Lipinski definition) is 5. The number of halogens is 3. The minimum absolute atomic E-state index is 0.0409. The standard InChI is InChI=1S/C21H17Cl3N4O3S/c1-8-13(23)14(24)17(25-8)19(29)26-15-10-6-28(7-11(10)15)21-27-16(18(32-21)20(30)31)9-4-2-3-5-12(9)22/h2-5,10-11,15,25H,6-7H2,1H3,(H,26,29)(H,30,31)/t10-,11+,15?. The van der Waals surface area contributed by atoms with Gasteiger partial charge in [-0.05, 0) is 13.0 Å². The molecule has 3 N–H and O–H groups in total. The lowest BCUT2D eigenvalue weighted by atomic mass is 10.1. The van der Waals surface area contributed by atoms with Gasteiger partial charge in [0.1, 0.15) is 10.6 Å². The number of thiazole rings is 1. The van der Waals surface area contributed by atoms with Crippen LogP contribution in [0, 0.1) is 18.8 Å². The molecule has 1 saturated carbocycles. The predicted octanol–water partition coefficient (Wildman–Crippen LogP) is 4.97. The van der Waals surface area contributed by atoms with Gasteiger partial charge < -0.3 is 20.3 Å². The van der Waals surface area contributed by atoms with Crippen molar-refractivity contribution in [2.75, 3.05) is 18.0 Å². The zero-order chi connectivity index (χ0) is 22.7. The molecule has 0 spiro atoms. The predicted molar refractivity (Wildman–Crippen MR) is 126 cm³/mol. The van der Waals surface area contributed by atoms with Gasteiger partial charge in [-0.1, -0.05) is 64.3 Å². The van der Waals surface area contributed by atoms with E-state index in [1.807, 2.05) is 0 Å². The second-order valence-electron chi connectivity index (χ2n) is 7.94. The van der Waals surface area contributed by atoms with Crippen LogP contribution >= 0.6 is 46.1 Å². The van der Waals surface area contributed by atoms with E-state index in [2.05, 4.69) is 20.2 Å². The van der Waals surface area contributed by atoms with E-state index in [4.69, 9.17) is 34.8 Å². The van der Waals surface area contributed by atoms with Crippen LogP contribution in [-0.2, 0) is 0 Å². The number of aromatic amines is 1. The van der Waals surface area contributed by atoms with Crippen LogP contribution < -0.4 is 10.2 Å². The quantitative estimate of drug-likeness (QED) is 0.449. The van der Waals surface area contributed by atoms with Crippen molar-refractivity contribution in [1.82, 2.24) is 15.3 Å². The fraction of sp³-hybridized carbons (Fsp3) is 0.286. The summed E-state index contributed by atoms with van der Waals surface area (Å²) in [6.07, 6.45) is 0. The molecule has 7 nitrogen and oxygen atoms in total. The molecule has 1 aliphatic carbocycles. The molecule has 1 saturated heterocycles. The lowest BCUT2D eigenvalue weighted by molar-refractivity contribution is 0.0702. The van der Waals surface area contributed by atoms with Gasteiger partial charge >= 0.3 is 5.97 Å². The fourth-order valence-electron chi connectivity index (χ4n) is 4.27. The molecule has 166 valence electrons. The molecule has 3 atom stereocenters. The van der Waals surface area contributed by atoms with Crippen LogP contribution in [0.4, 0.5) is 5.13 Å². The van der Waals surface area contributed by atoms with E-state index in [0.717, 1.165) is 11.3 Å². The molecule has 1 unspecified atom stereocenters. The van der Waals surface area contributed by atoms with E-state index in [0.29, 0.717) is 45.2 Å². The first-order valence-corrected chi connectivity index (χ1v) is 11.8. The van der Waals surface area contributed by atoms with Crippen LogP contribution in [-0.4, -0.2) is 46.1 Å². The Bertz CT molecular complexity index is 1250. The maximum absolute atomic E-state index is 12.6. The Hall–Kier alpha value is -2.26. The molecule has 32 heavy (non-hydrogen) atoms. The number of rotatable bonds is 5. The summed E-state index contributed by atoms with van der Waals surface area (Å²) >= 11 is 19.6. The lowest BCUT2D eigenvalue weighted by Crippen LogP contribution is -2.34. The maximum Gasteiger partial charge on any atom is 0.348 e. The summed E-state index contributed by atoms with van der Waals surface area (Å²) in [6.45, 7) is 3.12. The number of carboxylic acids is 1. The number of benzene rings is 1. The highest BCUT2D eigenvalue weighted by Crippen LogP contribution is 2.48. The minimum atomic E-state index is -1.03. The van der Waals surface area contributed by atoms with E-state index in [-0.39, 0.29) is 39.4 Å². The molecule has 11 heteroatoms. The van der Waals surface area contributed by atoms with Crippen LogP contribution in [0.2, 0.25) is 15.1 Å². The Morgan fingerprint density at radius 3 is 2.47 bits per heavy atom. The van der Waals surface area contributed by atoms with Gasteiger partial charge in [0.25, 0.3) is 5.91 Å². The third-order valence-electron chi connectivity index (χ3n) is 5.98. The summed E-state index contributed by atoms with van der Waals surface area (Å²) in [5, 5.41) is 14.4. The normalized spacial score (nSPS) is 21.5. The van der Waals surface area contributed by atoms with E-state index in [1.54, 1.807) is 31.2 Å². The zero-order valence-electron chi connectivity index (χ0n) is 16.7. The molecular formula is C21H17Cl3N4O3S. The number of H-pyrrole nitrogens is 1. The lowest BCUT2D eigenvalue weighted by Gasteiger charge is -2.19. The number of aromatic nitrogens is 2. The number of aryl methyl sites for hydroxylation is 1. The Kier molecular flexibility index (Phi) is 5.36. The van der Waals surface area contributed by atoms with Gasteiger partial charge in [-0.3, -0.25) is 4.79 Å². The smallest absolute Gasteiger partial charge is 0.348 e. The largest absolute Gasteiger partial charge is 0.477 e. The van der Waals surface area contributed by atoms with Gasteiger partial charge in [0.05, 0.1) is 20.8 Å². The molecule has 2 aromatic heterocycles. The molecule has 0 bridgehead atoms. The van der Waals surface area contributed by atoms with Crippen LogP contribution in [0.1, 0.15) is 25.9 Å². The highest BCUT2D eigenvalue weighted by molar-refractivity contribution is 7.17.